The number of halogens is 1. The van der Waals surface area contributed by atoms with Gasteiger partial charge in [-0.15, -0.1) is 0 Å². The zero-order valence-corrected chi connectivity index (χ0v) is 21.5. The van der Waals surface area contributed by atoms with Gasteiger partial charge in [0.25, 0.3) is 0 Å². The molecule has 0 aromatic carbocycles. The molecule has 0 spiro atoms. The minimum absolute atomic E-state index is 0.0918. The summed E-state index contributed by atoms with van der Waals surface area (Å²) in [4.78, 5) is 41.5. The van der Waals surface area contributed by atoms with Gasteiger partial charge in [-0.1, -0.05) is 0 Å². The number of rotatable bonds is 5. The molecule has 2 aliphatic heterocycles. The second kappa shape index (κ2) is 9.15. The fourth-order valence-electron chi connectivity index (χ4n) is 3.26. The quantitative estimate of drug-likeness (QED) is 0.262. The van der Waals surface area contributed by atoms with E-state index in [-0.39, 0.29) is 23.9 Å². The van der Waals surface area contributed by atoms with Gasteiger partial charge in [-0.25, -0.2) is 0 Å². The average Bonchev–Trinajstić information content (AvgIpc) is 3.35. The van der Waals surface area contributed by atoms with Crippen molar-refractivity contribution in [2.24, 2.45) is 5.92 Å². The molecule has 3 atom stereocenters. The van der Waals surface area contributed by atoms with E-state index in [0.717, 1.165) is 13.0 Å². The molecule has 8 nitrogen and oxygen atoms in total. The number of amides is 3. The molecule has 2 aliphatic rings. The van der Waals surface area contributed by atoms with Gasteiger partial charge in [0.05, 0.1) is 0 Å². The van der Waals surface area contributed by atoms with E-state index in [1.54, 1.807) is 25.8 Å². The first kappa shape index (κ1) is 21.1. The fourth-order valence-corrected chi connectivity index (χ4v) is 10.8. The Bertz CT molecular complexity index is 536. The number of carboxylic acids is 1. The summed E-state index contributed by atoms with van der Waals surface area (Å²) in [5, 5.41) is 9.38. The summed E-state index contributed by atoms with van der Waals surface area (Å²) in [6, 6.07) is -1.02. The second-order valence-corrected chi connectivity index (χ2v) is 15.1. The Morgan fingerprint density at radius 3 is 2.28 bits per heavy atom. The fraction of sp³-hybridized carbons (Fsp3) is 0.800. The Morgan fingerprint density at radius 2 is 1.76 bits per heavy atom. The first-order chi connectivity index (χ1) is 11.8. The number of carboxylic acid groups (broad SMARTS) is 1. The van der Waals surface area contributed by atoms with Crippen LogP contribution < -0.4 is 0 Å². The third-order valence-corrected chi connectivity index (χ3v) is 14.2. The maximum atomic E-state index is 12.7. The van der Waals surface area contributed by atoms with Gasteiger partial charge in [-0.05, 0) is 0 Å². The maximum absolute atomic E-state index is 12.7. The Labute approximate surface area is 169 Å². The molecule has 0 aromatic heterocycles. The van der Waals surface area contributed by atoms with E-state index < -0.39 is 32.3 Å². The molecule has 2 fully saturated rings. The van der Waals surface area contributed by atoms with Crippen molar-refractivity contribution in [2.45, 2.75) is 32.4 Å². The van der Waals surface area contributed by atoms with Crippen LogP contribution in [-0.2, 0) is 9.59 Å². The first-order valence-electron chi connectivity index (χ1n) is 8.50. The SMILES string of the molecule is CC(C)[C@@H](C(=O)O)N(C)C(=O)N1CCCN(C(=O)[C@H]2C[N]2[Tl][I])CC1. The number of likely N-dealkylation sites (N-methyl/N-ethyl adjacent to an activating group) is 1. The first-order valence-corrected chi connectivity index (χ1v) is 23.1. The topological polar surface area (TPSA) is 84.2 Å². The molecule has 0 aromatic rings. The van der Waals surface area contributed by atoms with Crippen molar-refractivity contribution in [3.05, 3.63) is 0 Å². The molecule has 10 heteroatoms. The van der Waals surface area contributed by atoms with Gasteiger partial charge in [0, 0.05) is 0 Å². The zero-order chi connectivity index (χ0) is 18.7. The molecule has 1 unspecified atom stereocenters. The number of nitrogens with zero attached hydrogens (tertiary/aromatic N) is 4. The second-order valence-electron chi connectivity index (χ2n) is 6.90. The van der Waals surface area contributed by atoms with Crippen molar-refractivity contribution in [3.8, 4) is 0 Å². The predicted octanol–water partition coefficient (Wildman–Crippen LogP) is 0.335. The molecule has 0 saturated carbocycles. The van der Waals surface area contributed by atoms with Gasteiger partial charge in [0.15, 0.2) is 0 Å². The summed E-state index contributed by atoms with van der Waals surface area (Å²) in [5.41, 5.74) is 0. The van der Waals surface area contributed by atoms with Gasteiger partial charge in [-0.2, -0.15) is 0 Å². The van der Waals surface area contributed by atoms with Gasteiger partial charge in [-0.3, -0.25) is 0 Å². The summed E-state index contributed by atoms with van der Waals surface area (Å²) in [6.07, 6.45) is 0.727. The summed E-state index contributed by atoms with van der Waals surface area (Å²) in [7, 11) is 1.55. The van der Waals surface area contributed by atoms with E-state index in [0.29, 0.717) is 26.2 Å². The zero-order valence-electron chi connectivity index (χ0n) is 14.9. The van der Waals surface area contributed by atoms with Crippen LogP contribution in [0.5, 0.6) is 0 Å². The van der Waals surface area contributed by atoms with Crippen LogP contribution in [0.3, 0.4) is 0 Å². The van der Waals surface area contributed by atoms with Crippen molar-refractivity contribution >= 4 is 55.9 Å². The standard InChI is InChI=1S/C15H25N4O4.HI.Tl/c1-10(2)12(14(21)22)17(3)15(23)19-6-4-5-18(7-8-19)13(20)11-9-16-11;;/h10-12H,4-9H2,1-3H3,(H,21,22);1H;/q-1;;+2/p-1/t11-,12+;;/m1../s1. The molecule has 0 radical (unpaired) electrons. The normalized spacial score (nSPS) is 24.4. The predicted molar refractivity (Wildman–Crippen MR) is 102 cm³/mol. The van der Waals surface area contributed by atoms with Crippen molar-refractivity contribution in [3.63, 3.8) is 0 Å². The molecule has 139 valence electrons. The molecule has 25 heavy (non-hydrogen) atoms. The summed E-state index contributed by atoms with van der Waals surface area (Å²) in [5.74, 6) is -0.964. The molecular formula is C15H25IN4O4Tl. The van der Waals surface area contributed by atoms with Gasteiger partial charge >= 0.3 is 171 Å². The number of hydrogen-bond donors (Lipinski definition) is 1. The monoisotopic (exact) mass is 657 g/mol. The van der Waals surface area contributed by atoms with Crippen molar-refractivity contribution in [1.82, 2.24) is 17.4 Å². The van der Waals surface area contributed by atoms with Crippen molar-refractivity contribution in [2.75, 3.05) is 39.8 Å². The molecule has 2 rings (SSSR count). The third kappa shape index (κ3) is 5.17. The van der Waals surface area contributed by atoms with Gasteiger partial charge < -0.3 is 0 Å². The van der Waals surface area contributed by atoms with Crippen molar-refractivity contribution in [1.29, 1.82) is 0 Å². The number of urea groups is 1. The van der Waals surface area contributed by atoms with Gasteiger partial charge in [0.2, 0.25) is 0 Å². The van der Waals surface area contributed by atoms with Crippen LogP contribution >= 0.6 is 17.8 Å². The molecule has 2 heterocycles. The molecule has 0 aliphatic carbocycles. The van der Waals surface area contributed by atoms with Crippen LogP contribution in [0.1, 0.15) is 20.3 Å². The molecule has 1 N–H and O–H groups in total. The Kier molecular flexibility index (Phi) is 7.73. The van der Waals surface area contributed by atoms with Crippen LogP contribution in [0.2, 0.25) is 0 Å². The van der Waals surface area contributed by atoms with Crippen LogP contribution in [0.25, 0.3) is 0 Å². The van der Waals surface area contributed by atoms with E-state index in [2.05, 4.69) is 20.5 Å². The van der Waals surface area contributed by atoms with Crippen LogP contribution in [0, 0.1) is 5.92 Å². The Morgan fingerprint density at radius 1 is 1.16 bits per heavy atom. The Hall–Kier alpha value is -0.178. The van der Waals surface area contributed by atoms with E-state index >= 15 is 0 Å². The summed E-state index contributed by atoms with van der Waals surface area (Å²) in [6.45, 7) is 6.71. The van der Waals surface area contributed by atoms with E-state index in [1.807, 2.05) is 4.90 Å². The van der Waals surface area contributed by atoms with Crippen LogP contribution in [0.15, 0.2) is 0 Å². The summed E-state index contributed by atoms with van der Waals surface area (Å²) >= 11 is 1.58. The van der Waals surface area contributed by atoms with Crippen molar-refractivity contribution < 1.29 is 19.5 Å². The molecular weight excluding hydrogens is 631 g/mol. The van der Waals surface area contributed by atoms with Crippen LogP contribution in [0.4, 0.5) is 4.79 Å². The summed E-state index contributed by atoms with van der Waals surface area (Å²) < 4.78 is 2.31. The minimum atomic E-state index is -0.989. The van der Waals surface area contributed by atoms with E-state index in [9.17, 15) is 19.5 Å². The van der Waals surface area contributed by atoms with Crippen LogP contribution in [-0.4, -0.2) is 113 Å². The number of hydrogen-bond acceptors (Lipinski definition) is 4. The average molecular weight is 657 g/mol. The molecule has 2 saturated heterocycles. The molecule has 0 bridgehead atoms. The molecule has 3 amide bonds. The number of carbonyl (C=O) groups is 3. The van der Waals surface area contributed by atoms with E-state index in [1.165, 1.54) is 4.90 Å². The third-order valence-electron chi connectivity index (χ3n) is 4.74. The van der Waals surface area contributed by atoms with Gasteiger partial charge in [0.1, 0.15) is 0 Å². The number of carbonyl (C=O) groups excluding carboxylic acids is 2. The Balaban J connectivity index is 1.94. The van der Waals surface area contributed by atoms with E-state index in [4.69, 9.17) is 0 Å². The number of aliphatic carboxylic acids is 1.